The SMILES string of the molecule is Cc1ccc(CNc2cc3[nH]c(=O)[nH]c3cc2Br)c(C)c1. The van der Waals surface area contributed by atoms with E-state index in [0.717, 1.165) is 27.7 Å². The fourth-order valence-electron chi connectivity index (χ4n) is 2.43. The highest BCUT2D eigenvalue weighted by Gasteiger charge is 2.06. The summed E-state index contributed by atoms with van der Waals surface area (Å²) in [4.78, 5) is 16.8. The molecule has 3 aromatic rings. The van der Waals surface area contributed by atoms with Gasteiger partial charge < -0.3 is 15.3 Å². The van der Waals surface area contributed by atoms with Gasteiger partial charge in [-0.25, -0.2) is 4.79 Å². The molecule has 4 nitrogen and oxygen atoms in total. The second kappa shape index (κ2) is 5.41. The number of halogens is 1. The van der Waals surface area contributed by atoms with E-state index in [-0.39, 0.29) is 5.69 Å². The molecule has 0 bridgehead atoms. The number of aryl methyl sites for hydroxylation is 2. The topological polar surface area (TPSA) is 60.7 Å². The van der Waals surface area contributed by atoms with Gasteiger partial charge in [0.05, 0.1) is 16.7 Å². The molecule has 108 valence electrons. The molecule has 0 saturated carbocycles. The van der Waals surface area contributed by atoms with Gasteiger partial charge in [-0.2, -0.15) is 0 Å². The van der Waals surface area contributed by atoms with Gasteiger partial charge in [0.25, 0.3) is 0 Å². The van der Waals surface area contributed by atoms with Gasteiger partial charge in [-0.05, 0) is 53.0 Å². The van der Waals surface area contributed by atoms with Gasteiger partial charge in [0.2, 0.25) is 0 Å². The van der Waals surface area contributed by atoms with E-state index in [1.807, 2.05) is 12.1 Å². The van der Waals surface area contributed by atoms with Gasteiger partial charge in [0, 0.05) is 11.0 Å². The lowest BCUT2D eigenvalue weighted by atomic mass is 10.1. The van der Waals surface area contributed by atoms with E-state index >= 15 is 0 Å². The number of fused-ring (bicyclic) bond motifs is 1. The lowest BCUT2D eigenvalue weighted by Crippen LogP contribution is -2.02. The summed E-state index contributed by atoms with van der Waals surface area (Å²) in [6.07, 6.45) is 0. The average molecular weight is 346 g/mol. The van der Waals surface area contributed by atoms with Crippen LogP contribution >= 0.6 is 15.9 Å². The van der Waals surface area contributed by atoms with Gasteiger partial charge in [-0.1, -0.05) is 23.8 Å². The minimum atomic E-state index is -0.191. The van der Waals surface area contributed by atoms with Crippen LogP contribution in [0.15, 0.2) is 39.6 Å². The fourth-order valence-corrected chi connectivity index (χ4v) is 2.91. The quantitative estimate of drug-likeness (QED) is 0.675. The molecule has 21 heavy (non-hydrogen) atoms. The molecule has 0 atom stereocenters. The minimum Gasteiger partial charge on any atom is -0.380 e. The number of aromatic nitrogens is 2. The summed E-state index contributed by atoms with van der Waals surface area (Å²) in [6, 6.07) is 10.3. The maximum absolute atomic E-state index is 11.3. The first-order valence-electron chi connectivity index (χ1n) is 6.74. The Balaban J connectivity index is 1.87. The Kier molecular flexibility index (Phi) is 3.59. The molecule has 5 heteroatoms. The number of anilines is 1. The lowest BCUT2D eigenvalue weighted by molar-refractivity contribution is 1.11. The highest BCUT2D eigenvalue weighted by molar-refractivity contribution is 9.10. The number of imidazole rings is 1. The van der Waals surface area contributed by atoms with Crippen molar-refractivity contribution in [3.63, 3.8) is 0 Å². The van der Waals surface area contributed by atoms with E-state index < -0.39 is 0 Å². The predicted octanol–water partition coefficient (Wildman–Crippen LogP) is 3.85. The summed E-state index contributed by atoms with van der Waals surface area (Å²) in [5.74, 6) is 0. The van der Waals surface area contributed by atoms with Gasteiger partial charge in [0.15, 0.2) is 0 Å². The van der Waals surface area contributed by atoms with E-state index in [2.05, 4.69) is 63.3 Å². The van der Waals surface area contributed by atoms with E-state index in [1.54, 1.807) is 0 Å². The number of aromatic amines is 2. The van der Waals surface area contributed by atoms with Crippen molar-refractivity contribution in [2.75, 3.05) is 5.32 Å². The molecule has 0 amide bonds. The first kappa shape index (κ1) is 13.9. The molecule has 0 spiro atoms. The Morgan fingerprint density at radius 3 is 2.52 bits per heavy atom. The predicted molar refractivity (Wildman–Crippen MR) is 89.9 cm³/mol. The number of hydrogen-bond donors (Lipinski definition) is 3. The van der Waals surface area contributed by atoms with Crippen LogP contribution in [0, 0.1) is 13.8 Å². The van der Waals surface area contributed by atoms with Crippen molar-refractivity contribution in [2.24, 2.45) is 0 Å². The number of rotatable bonds is 3. The summed E-state index contributed by atoms with van der Waals surface area (Å²) in [7, 11) is 0. The first-order chi connectivity index (χ1) is 10.0. The first-order valence-corrected chi connectivity index (χ1v) is 7.54. The van der Waals surface area contributed by atoms with Gasteiger partial charge in [-0.15, -0.1) is 0 Å². The highest BCUT2D eigenvalue weighted by Crippen LogP contribution is 2.27. The molecular weight excluding hydrogens is 330 g/mol. The van der Waals surface area contributed by atoms with Crippen LogP contribution in [0.3, 0.4) is 0 Å². The maximum Gasteiger partial charge on any atom is 0.323 e. The van der Waals surface area contributed by atoms with Crippen molar-refractivity contribution in [1.82, 2.24) is 9.97 Å². The van der Waals surface area contributed by atoms with Crippen LogP contribution in [-0.2, 0) is 6.54 Å². The molecular formula is C16H16BrN3O. The summed E-state index contributed by atoms with van der Waals surface area (Å²) >= 11 is 3.53. The summed E-state index contributed by atoms with van der Waals surface area (Å²) in [6.45, 7) is 4.95. The molecule has 2 aromatic carbocycles. The molecule has 1 aromatic heterocycles. The Bertz CT molecular complexity index is 864. The lowest BCUT2D eigenvalue weighted by Gasteiger charge is -2.11. The van der Waals surface area contributed by atoms with E-state index in [0.29, 0.717) is 0 Å². The number of H-pyrrole nitrogens is 2. The average Bonchev–Trinajstić information content (AvgIpc) is 2.76. The van der Waals surface area contributed by atoms with Crippen LogP contribution in [0.4, 0.5) is 5.69 Å². The molecule has 1 heterocycles. The molecule has 0 saturated heterocycles. The zero-order valence-corrected chi connectivity index (χ0v) is 13.5. The second-order valence-corrected chi connectivity index (χ2v) is 6.09. The van der Waals surface area contributed by atoms with Crippen molar-refractivity contribution in [3.8, 4) is 0 Å². The highest BCUT2D eigenvalue weighted by atomic mass is 79.9. The third-order valence-electron chi connectivity index (χ3n) is 3.57. The molecule has 0 unspecified atom stereocenters. The van der Waals surface area contributed by atoms with Crippen molar-refractivity contribution in [1.29, 1.82) is 0 Å². The number of nitrogens with one attached hydrogen (secondary N) is 3. The van der Waals surface area contributed by atoms with Crippen molar-refractivity contribution < 1.29 is 0 Å². The third kappa shape index (κ3) is 2.88. The van der Waals surface area contributed by atoms with Gasteiger partial charge in [-0.3, -0.25) is 0 Å². The zero-order valence-electron chi connectivity index (χ0n) is 11.9. The van der Waals surface area contributed by atoms with Crippen LogP contribution in [-0.4, -0.2) is 9.97 Å². The normalized spacial score (nSPS) is 11.0. The molecule has 3 N–H and O–H groups in total. The monoisotopic (exact) mass is 345 g/mol. The number of hydrogen-bond acceptors (Lipinski definition) is 2. The molecule has 0 aliphatic heterocycles. The summed E-state index contributed by atoms with van der Waals surface area (Å²) in [5.41, 5.74) is 6.16. The van der Waals surface area contributed by atoms with Crippen LogP contribution in [0.2, 0.25) is 0 Å². The van der Waals surface area contributed by atoms with Crippen LogP contribution in [0.5, 0.6) is 0 Å². The fraction of sp³-hybridized carbons (Fsp3) is 0.188. The van der Waals surface area contributed by atoms with Crippen LogP contribution < -0.4 is 11.0 Å². The smallest absolute Gasteiger partial charge is 0.323 e. The Hall–Kier alpha value is -2.01. The van der Waals surface area contributed by atoms with E-state index in [9.17, 15) is 4.79 Å². The van der Waals surface area contributed by atoms with Crippen molar-refractivity contribution >= 4 is 32.7 Å². The van der Waals surface area contributed by atoms with Crippen molar-refractivity contribution in [3.05, 3.63) is 62.0 Å². The Morgan fingerprint density at radius 1 is 1.10 bits per heavy atom. The zero-order chi connectivity index (χ0) is 15.0. The maximum atomic E-state index is 11.3. The molecule has 0 fully saturated rings. The third-order valence-corrected chi connectivity index (χ3v) is 4.23. The summed E-state index contributed by atoms with van der Waals surface area (Å²) in [5, 5.41) is 3.41. The summed E-state index contributed by atoms with van der Waals surface area (Å²) < 4.78 is 0.926. The van der Waals surface area contributed by atoms with Gasteiger partial charge >= 0.3 is 5.69 Å². The van der Waals surface area contributed by atoms with Crippen LogP contribution in [0.25, 0.3) is 11.0 Å². The Morgan fingerprint density at radius 2 is 1.81 bits per heavy atom. The standard InChI is InChI=1S/C16H16BrN3O/c1-9-3-4-11(10(2)5-9)8-18-13-7-15-14(6-12(13)17)19-16(21)20-15/h3-7,18H,8H2,1-2H3,(H2,19,20,21). The molecule has 3 rings (SSSR count). The molecule has 0 aliphatic rings. The van der Waals surface area contributed by atoms with Crippen molar-refractivity contribution in [2.45, 2.75) is 20.4 Å². The molecule has 0 aliphatic carbocycles. The second-order valence-electron chi connectivity index (χ2n) is 5.24. The molecule has 0 radical (unpaired) electrons. The number of benzene rings is 2. The minimum absolute atomic E-state index is 0.191. The van der Waals surface area contributed by atoms with E-state index in [4.69, 9.17) is 0 Å². The van der Waals surface area contributed by atoms with E-state index in [1.165, 1.54) is 16.7 Å². The van der Waals surface area contributed by atoms with Gasteiger partial charge in [0.1, 0.15) is 0 Å². The largest absolute Gasteiger partial charge is 0.380 e. The Labute approximate surface area is 130 Å². The van der Waals surface area contributed by atoms with Crippen LogP contribution in [0.1, 0.15) is 16.7 Å².